The van der Waals surface area contributed by atoms with Crippen molar-refractivity contribution in [2.75, 3.05) is 5.75 Å². The van der Waals surface area contributed by atoms with Gasteiger partial charge in [0.1, 0.15) is 0 Å². The SMILES string of the molecule is C[C@H](NC(=O)CSc1n[nH]c(-c2ccncc2)n1)C1CC1. The zero-order valence-electron chi connectivity index (χ0n) is 11.7. The number of aromatic amines is 1. The lowest BCUT2D eigenvalue weighted by Crippen LogP contribution is -2.35. The molecule has 0 radical (unpaired) electrons. The van der Waals surface area contributed by atoms with Crippen LogP contribution in [0.1, 0.15) is 19.8 Å². The smallest absolute Gasteiger partial charge is 0.230 e. The first-order valence-electron chi connectivity index (χ1n) is 6.97. The van der Waals surface area contributed by atoms with E-state index in [4.69, 9.17) is 0 Å². The van der Waals surface area contributed by atoms with Gasteiger partial charge in [-0.2, -0.15) is 0 Å². The molecule has 1 fully saturated rings. The van der Waals surface area contributed by atoms with Crippen molar-refractivity contribution >= 4 is 17.7 Å². The third-order valence-corrected chi connectivity index (χ3v) is 4.32. The Morgan fingerprint density at radius 1 is 1.48 bits per heavy atom. The van der Waals surface area contributed by atoms with Crippen molar-refractivity contribution in [2.45, 2.75) is 31.0 Å². The van der Waals surface area contributed by atoms with Crippen LogP contribution in [0.15, 0.2) is 29.7 Å². The number of amides is 1. The molecule has 2 N–H and O–H groups in total. The molecular weight excluding hydrogens is 286 g/mol. The first-order chi connectivity index (χ1) is 10.2. The summed E-state index contributed by atoms with van der Waals surface area (Å²) in [5.74, 6) is 1.73. The van der Waals surface area contributed by atoms with E-state index < -0.39 is 0 Å². The van der Waals surface area contributed by atoms with Gasteiger partial charge in [-0.1, -0.05) is 11.8 Å². The zero-order chi connectivity index (χ0) is 14.7. The highest BCUT2D eigenvalue weighted by Gasteiger charge is 2.28. The predicted molar refractivity (Wildman–Crippen MR) is 80.7 cm³/mol. The molecule has 0 aliphatic heterocycles. The second-order valence-electron chi connectivity index (χ2n) is 5.18. The number of aromatic nitrogens is 4. The molecular formula is C14H17N5OS. The lowest BCUT2D eigenvalue weighted by Gasteiger charge is -2.11. The summed E-state index contributed by atoms with van der Waals surface area (Å²) in [5, 5.41) is 10.6. The first-order valence-corrected chi connectivity index (χ1v) is 7.96. The quantitative estimate of drug-likeness (QED) is 0.796. The minimum Gasteiger partial charge on any atom is -0.353 e. The average molecular weight is 303 g/mol. The lowest BCUT2D eigenvalue weighted by molar-refractivity contribution is -0.119. The average Bonchev–Trinajstić information content (AvgIpc) is 3.25. The van der Waals surface area contributed by atoms with Gasteiger partial charge in [-0.3, -0.25) is 14.9 Å². The topological polar surface area (TPSA) is 83.6 Å². The number of pyridine rings is 1. The number of rotatable bonds is 6. The molecule has 1 aliphatic carbocycles. The van der Waals surface area contributed by atoms with Gasteiger partial charge < -0.3 is 5.32 Å². The monoisotopic (exact) mass is 303 g/mol. The molecule has 3 rings (SSSR count). The van der Waals surface area contributed by atoms with Crippen LogP contribution in [0, 0.1) is 5.92 Å². The summed E-state index contributed by atoms with van der Waals surface area (Å²) in [4.78, 5) is 20.2. The van der Waals surface area contributed by atoms with Crippen LogP contribution in [0.3, 0.4) is 0 Å². The van der Waals surface area contributed by atoms with E-state index >= 15 is 0 Å². The fourth-order valence-corrected chi connectivity index (χ4v) is 2.70. The summed E-state index contributed by atoms with van der Waals surface area (Å²) in [7, 11) is 0. The first kappa shape index (κ1) is 14.1. The molecule has 1 amide bonds. The Morgan fingerprint density at radius 3 is 2.95 bits per heavy atom. The number of carbonyl (C=O) groups excluding carboxylic acids is 1. The lowest BCUT2D eigenvalue weighted by atomic mass is 10.2. The molecule has 1 saturated carbocycles. The number of nitrogens with one attached hydrogen (secondary N) is 2. The summed E-state index contributed by atoms with van der Waals surface area (Å²) in [5.41, 5.74) is 0.927. The largest absolute Gasteiger partial charge is 0.353 e. The van der Waals surface area contributed by atoms with Gasteiger partial charge in [-0.15, -0.1) is 5.10 Å². The van der Waals surface area contributed by atoms with Gasteiger partial charge in [0.25, 0.3) is 0 Å². The van der Waals surface area contributed by atoms with Gasteiger partial charge in [-0.05, 0) is 37.8 Å². The minimum atomic E-state index is 0.0367. The number of hydrogen-bond donors (Lipinski definition) is 2. The number of H-pyrrole nitrogens is 1. The van der Waals surface area contributed by atoms with Gasteiger partial charge in [0.2, 0.25) is 11.1 Å². The van der Waals surface area contributed by atoms with Gasteiger partial charge >= 0.3 is 0 Å². The summed E-state index contributed by atoms with van der Waals surface area (Å²) >= 11 is 1.34. The van der Waals surface area contributed by atoms with Crippen molar-refractivity contribution in [1.29, 1.82) is 0 Å². The van der Waals surface area contributed by atoms with Crippen LogP contribution in [-0.2, 0) is 4.79 Å². The van der Waals surface area contributed by atoms with Crippen LogP contribution in [-0.4, -0.2) is 37.9 Å². The maximum absolute atomic E-state index is 11.8. The molecule has 0 aromatic carbocycles. The third-order valence-electron chi connectivity index (χ3n) is 3.47. The zero-order valence-corrected chi connectivity index (χ0v) is 12.6. The fourth-order valence-electron chi connectivity index (χ4n) is 2.09. The summed E-state index contributed by atoms with van der Waals surface area (Å²) in [6.07, 6.45) is 5.87. The van der Waals surface area contributed by atoms with Crippen molar-refractivity contribution in [3.63, 3.8) is 0 Å². The van der Waals surface area contributed by atoms with Crippen LogP contribution in [0.4, 0.5) is 0 Å². The van der Waals surface area contributed by atoms with E-state index in [-0.39, 0.29) is 11.9 Å². The second kappa shape index (κ2) is 6.26. The molecule has 2 aromatic rings. The van der Waals surface area contributed by atoms with Crippen molar-refractivity contribution in [2.24, 2.45) is 5.92 Å². The van der Waals surface area contributed by atoms with E-state index in [2.05, 4.69) is 32.4 Å². The molecule has 1 aliphatic rings. The maximum atomic E-state index is 11.8. The highest BCUT2D eigenvalue weighted by atomic mass is 32.2. The van der Waals surface area contributed by atoms with Crippen LogP contribution < -0.4 is 5.32 Å². The third kappa shape index (κ3) is 3.81. The molecule has 2 aromatic heterocycles. The summed E-state index contributed by atoms with van der Waals surface area (Å²) < 4.78 is 0. The van der Waals surface area contributed by atoms with Crippen molar-refractivity contribution in [3.05, 3.63) is 24.5 Å². The van der Waals surface area contributed by atoms with Crippen molar-refractivity contribution < 1.29 is 4.79 Å². The second-order valence-corrected chi connectivity index (χ2v) is 6.13. The van der Waals surface area contributed by atoms with Crippen LogP contribution in [0.2, 0.25) is 0 Å². The fraction of sp³-hybridized carbons (Fsp3) is 0.429. The Labute approximate surface area is 127 Å². The predicted octanol–water partition coefficient (Wildman–Crippen LogP) is 1.87. The number of hydrogen-bond acceptors (Lipinski definition) is 5. The van der Waals surface area contributed by atoms with Gasteiger partial charge in [0.05, 0.1) is 5.75 Å². The molecule has 0 unspecified atom stereocenters. The van der Waals surface area contributed by atoms with Gasteiger partial charge in [0.15, 0.2) is 5.82 Å². The van der Waals surface area contributed by atoms with Crippen molar-refractivity contribution in [1.82, 2.24) is 25.5 Å². The van der Waals surface area contributed by atoms with E-state index in [1.807, 2.05) is 12.1 Å². The Bertz CT molecular complexity index is 611. The molecule has 7 heteroatoms. The Kier molecular flexibility index (Phi) is 4.19. The molecule has 0 bridgehead atoms. The highest BCUT2D eigenvalue weighted by Crippen LogP contribution is 2.32. The Hall–Kier alpha value is -1.89. The minimum absolute atomic E-state index is 0.0367. The molecule has 110 valence electrons. The molecule has 1 atom stereocenters. The standard InChI is InChI=1S/C14H17N5OS/c1-9(10-2-3-10)16-12(20)8-21-14-17-13(18-19-14)11-4-6-15-7-5-11/h4-7,9-10H,2-3,8H2,1H3,(H,16,20)(H,17,18,19)/t9-/m0/s1. The molecule has 0 spiro atoms. The summed E-state index contributed by atoms with van der Waals surface area (Å²) in [6, 6.07) is 4.00. The summed E-state index contributed by atoms with van der Waals surface area (Å²) in [6.45, 7) is 2.06. The van der Waals surface area contributed by atoms with Crippen LogP contribution in [0.5, 0.6) is 0 Å². The van der Waals surface area contributed by atoms with E-state index in [9.17, 15) is 4.79 Å². The molecule has 6 nitrogen and oxygen atoms in total. The van der Waals surface area contributed by atoms with Crippen LogP contribution >= 0.6 is 11.8 Å². The molecule has 0 saturated heterocycles. The van der Waals surface area contributed by atoms with Crippen LogP contribution in [0.25, 0.3) is 11.4 Å². The van der Waals surface area contributed by atoms with Gasteiger partial charge in [-0.25, -0.2) is 4.98 Å². The molecule has 21 heavy (non-hydrogen) atoms. The number of carbonyl (C=O) groups is 1. The van der Waals surface area contributed by atoms with Crippen molar-refractivity contribution in [3.8, 4) is 11.4 Å². The highest BCUT2D eigenvalue weighted by molar-refractivity contribution is 7.99. The Morgan fingerprint density at radius 2 is 2.24 bits per heavy atom. The normalized spacial score (nSPS) is 15.7. The van der Waals surface area contributed by atoms with Gasteiger partial charge in [0, 0.05) is 24.0 Å². The van der Waals surface area contributed by atoms with E-state index in [1.54, 1.807) is 12.4 Å². The van der Waals surface area contributed by atoms with E-state index in [0.717, 1.165) is 5.56 Å². The number of thioether (sulfide) groups is 1. The maximum Gasteiger partial charge on any atom is 0.230 e. The number of nitrogens with zero attached hydrogens (tertiary/aromatic N) is 3. The Balaban J connectivity index is 1.51. The molecule has 2 heterocycles. The van der Waals surface area contributed by atoms with E-state index in [1.165, 1.54) is 24.6 Å². The van der Waals surface area contributed by atoms with E-state index in [0.29, 0.717) is 22.7 Å².